The van der Waals surface area contributed by atoms with Gasteiger partial charge in [-0.05, 0) is 101 Å². The van der Waals surface area contributed by atoms with E-state index in [0.717, 1.165) is 53.9 Å². The highest BCUT2D eigenvalue weighted by molar-refractivity contribution is 7.80. The van der Waals surface area contributed by atoms with Gasteiger partial charge in [0, 0.05) is 42.1 Å². The molecule has 0 saturated heterocycles. The number of thiocarbonyl (C=S) groups is 1. The van der Waals surface area contributed by atoms with E-state index in [1.165, 1.54) is 11.1 Å². The number of nitrogens with two attached hydrogens (primary N) is 1. The molecule has 0 fully saturated rings. The average Bonchev–Trinajstić information content (AvgIpc) is 3.45. The van der Waals surface area contributed by atoms with E-state index >= 15 is 0 Å². The van der Waals surface area contributed by atoms with E-state index < -0.39 is 0 Å². The number of aromatic nitrogens is 3. The van der Waals surface area contributed by atoms with Crippen molar-refractivity contribution in [3.8, 4) is 0 Å². The molecule has 196 valence electrons. The van der Waals surface area contributed by atoms with Gasteiger partial charge in [-0.3, -0.25) is 9.58 Å². The Morgan fingerprint density at radius 2 is 1.81 bits per heavy atom. The van der Waals surface area contributed by atoms with Gasteiger partial charge in [-0.15, -0.1) is 0 Å². The maximum atomic E-state index is 6.18. The van der Waals surface area contributed by atoms with Crippen LogP contribution in [-0.4, -0.2) is 51.3 Å². The van der Waals surface area contributed by atoms with Crippen molar-refractivity contribution in [1.82, 2.24) is 19.4 Å². The SMILES string of the molecule is CCOn1c(C)c(CCN(C)CCc2cnn(C(C)C)c2)c2cc(N(C(N)=S)c3ccccc3)ccc21. The van der Waals surface area contributed by atoms with Gasteiger partial charge in [0.2, 0.25) is 0 Å². The molecule has 0 aliphatic rings. The molecule has 0 atom stereocenters. The molecule has 0 aliphatic carbocycles. The molecule has 4 rings (SSSR count). The third kappa shape index (κ3) is 5.97. The van der Waals surface area contributed by atoms with Gasteiger partial charge < -0.3 is 15.5 Å². The first-order valence-electron chi connectivity index (χ1n) is 12.9. The summed E-state index contributed by atoms with van der Waals surface area (Å²) in [5.74, 6) is 0. The Morgan fingerprint density at radius 1 is 1.08 bits per heavy atom. The molecule has 8 heteroatoms. The highest BCUT2D eigenvalue weighted by atomic mass is 32.1. The van der Waals surface area contributed by atoms with E-state index in [4.69, 9.17) is 22.8 Å². The number of nitrogens with zero attached hydrogens (tertiary/aromatic N) is 5. The Morgan fingerprint density at radius 3 is 2.46 bits per heavy atom. The first-order valence-corrected chi connectivity index (χ1v) is 13.3. The topological polar surface area (TPSA) is 64.5 Å². The lowest BCUT2D eigenvalue weighted by molar-refractivity contribution is 0.127. The van der Waals surface area contributed by atoms with Crippen LogP contribution in [0.4, 0.5) is 11.4 Å². The molecule has 4 aromatic rings. The fourth-order valence-electron chi connectivity index (χ4n) is 4.70. The van der Waals surface area contributed by atoms with Crippen molar-refractivity contribution in [2.24, 2.45) is 5.73 Å². The highest BCUT2D eigenvalue weighted by Crippen LogP contribution is 2.33. The number of anilines is 2. The normalized spacial score (nSPS) is 11.5. The molecule has 2 aromatic heterocycles. The Labute approximate surface area is 225 Å². The standard InChI is InChI=1S/C29H38N6OS/c1-6-36-35-22(4)26(15-17-32(5)16-14-23-19-31-33(20-23)21(2)3)27-18-25(12-13-28(27)35)34(29(30)37)24-10-8-7-9-11-24/h7-13,18-21H,6,14-17H2,1-5H3,(H2,30,37). The summed E-state index contributed by atoms with van der Waals surface area (Å²) in [6.07, 6.45) is 6.02. The monoisotopic (exact) mass is 518 g/mol. The fraction of sp³-hybridized carbons (Fsp3) is 0.379. The van der Waals surface area contributed by atoms with Gasteiger partial charge in [0.05, 0.1) is 17.4 Å². The van der Waals surface area contributed by atoms with E-state index in [2.05, 4.69) is 62.2 Å². The fourth-order valence-corrected chi connectivity index (χ4v) is 4.91. The van der Waals surface area contributed by atoms with Crippen LogP contribution in [0.15, 0.2) is 60.9 Å². The number of benzene rings is 2. The van der Waals surface area contributed by atoms with Crippen molar-refractivity contribution in [1.29, 1.82) is 0 Å². The minimum atomic E-state index is 0.314. The number of fused-ring (bicyclic) bond motifs is 1. The molecule has 0 amide bonds. The Balaban J connectivity index is 1.58. The first kappa shape index (κ1) is 26.7. The zero-order valence-corrected chi connectivity index (χ0v) is 23.3. The van der Waals surface area contributed by atoms with Gasteiger partial charge in [-0.25, -0.2) is 0 Å². The van der Waals surface area contributed by atoms with Crippen LogP contribution in [0.1, 0.15) is 43.6 Å². The third-order valence-corrected chi connectivity index (χ3v) is 6.91. The van der Waals surface area contributed by atoms with Crippen molar-refractivity contribution in [3.63, 3.8) is 0 Å². The number of para-hydroxylation sites is 1. The van der Waals surface area contributed by atoms with Gasteiger partial charge in [0.1, 0.15) is 6.61 Å². The lowest BCUT2D eigenvalue weighted by Crippen LogP contribution is -2.31. The summed E-state index contributed by atoms with van der Waals surface area (Å²) < 4.78 is 3.98. The minimum Gasteiger partial charge on any atom is -0.414 e. The van der Waals surface area contributed by atoms with Crippen molar-refractivity contribution >= 4 is 39.6 Å². The summed E-state index contributed by atoms with van der Waals surface area (Å²) in [6.45, 7) is 10.9. The van der Waals surface area contributed by atoms with Crippen LogP contribution < -0.4 is 15.5 Å². The molecular formula is C29H38N6OS. The maximum absolute atomic E-state index is 6.18. The molecule has 0 unspecified atom stereocenters. The van der Waals surface area contributed by atoms with E-state index in [-0.39, 0.29) is 0 Å². The predicted octanol–water partition coefficient (Wildman–Crippen LogP) is 5.27. The molecule has 2 N–H and O–H groups in total. The maximum Gasteiger partial charge on any atom is 0.175 e. The van der Waals surface area contributed by atoms with E-state index in [1.807, 2.05) is 57.8 Å². The van der Waals surface area contributed by atoms with Crippen LogP contribution in [0.3, 0.4) is 0 Å². The number of likely N-dealkylation sites (N-methyl/N-ethyl adjacent to an activating group) is 1. The molecule has 0 saturated carbocycles. The van der Waals surface area contributed by atoms with E-state index in [1.54, 1.807) is 0 Å². The molecule has 37 heavy (non-hydrogen) atoms. The van der Waals surface area contributed by atoms with Gasteiger partial charge in [-0.1, -0.05) is 18.2 Å². The van der Waals surface area contributed by atoms with Crippen molar-refractivity contribution in [2.45, 2.75) is 46.6 Å². The van der Waals surface area contributed by atoms with Gasteiger partial charge in [-0.2, -0.15) is 9.83 Å². The Kier molecular flexibility index (Phi) is 8.51. The van der Waals surface area contributed by atoms with E-state index in [0.29, 0.717) is 17.8 Å². The minimum absolute atomic E-state index is 0.314. The van der Waals surface area contributed by atoms with Crippen LogP contribution in [0.5, 0.6) is 0 Å². The number of rotatable bonds is 11. The van der Waals surface area contributed by atoms with Crippen LogP contribution in [-0.2, 0) is 12.8 Å². The third-order valence-electron chi connectivity index (χ3n) is 6.73. The second-order valence-corrected chi connectivity index (χ2v) is 10.1. The zero-order valence-electron chi connectivity index (χ0n) is 22.5. The lowest BCUT2D eigenvalue weighted by Gasteiger charge is -2.23. The van der Waals surface area contributed by atoms with Crippen LogP contribution in [0, 0.1) is 6.92 Å². The lowest BCUT2D eigenvalue weighted by atomic mass is 10.1. The van der Waals surface area contributed by atoms with Crippen LogP contribution in [0.2, 0.25) is 0 Å². The van der Waals surface area contributed by atoms with Crippen molar-refractivity contribution in [3.05, 3.63) is 77.7 Å². The Hall–Kier alpha value is -3.36. The molecule has 7 nitrogen and oxygen atoms in total. The van der Waals surface area contributed by atoms with Crippen LogP contribution >= 0.6 is 12.2 Å². The number of hydrogen-bond acceptors (Lipinski definition) is 4. The summed E-state index contributed by atoms with van der Waals surface area (Å²) in [6, 6.07) is 16.7. The summed E-state index contributed by atoms with van der Waals surface area (Å²) >= 11 is 5.44. The summed E-state index contributed by atoms with van der Waals surface area (Å²) in [4.78, 5) is 10.3. The molecule has 0 bridgehead atoms. The highest BCUT2D eigenvalue weighted by Gasteiger charge is 2.19. The zero-order chi connectivity index (χ0) is 26.5. The largest absolute Gasteiger partial charge is 0.414 e. The smallest absolute Gasteiger partial charge is 0.175 e. The van der Waals surface area contributed by atoms with Gasteiger partial charge >= 0.3 is 0 Å². The summed E-state index contributed by atoms with van der Waals surface area (Å²) in [7, 11) is 2.18. The van der Waals surface area contributed by atoms with Crippen LogP contribution in [0.25, 0.3) is 10.9 Å². The van der Waals surface area contributed by atoms with Crippen molar-refractivity contribution < 1.29 is 4.84 Å². The average molecular weight is 519 g/mol. The molecule has 2 heterocycles. The van der Waals surface area contributed by atoms with E-state index in [9.17, 15) is 0 Å². The molecule has 0 spiro atoms. The second-order valence-electron chi connectivity index (χ2n) is 9.71. The summed E-state index contributed by atoms with van der Waals surface area (Å²) in [5, 5.41) is 5.94. The molecule has 2 aromatic carbocycles. The quantitative estimate of drug-likeness (QED) is 0.273. The first-order chi connectivity index (χ1) is 17.8. The summed E-state index contributed by atoms with van der Waals surface area (Å²) in [5.41, 5.74) is 12.8. The van der Waals surface area contributed by atoms with Gasteiger partial charge in [0.15, 0.2) is 5.11 Å². The second kappa shape index (κ2) is 11.8. The van der Waals surface area contributed by atoms with Crippen molar-refractivity contribution in [2.75, 3.05) is 31.6 Å². The molecule has 0 radical (unpaired) electrons. The number of hydrogen-bond donors (Lipinski definition) is 1. The molecular weight excluding hydrogens is 480 g/mol. The predicted molar refractivity (Wildman–Crippen MR) is 157 cm³/mol. The molecule has 0 aliphatic heterocycles. The Bertz CT molecular complexity index is 1340. The van der Waals surface area contributed by atoms with Gasteiger partial charge in [0.25, 0.3) is 0 Å².